The van der Waals surface area contributed by atoms with E-state index in [0.29, 0.717) is 6.42 Å². The molecule has 9 heteroatoms. The fourth-order valence-corrected chi connectivity index (χ4v) is 2.06. The van der Waals surface area contributed by atoms with Gasteiger partial charge in [-0.1, -0.05) is 18.2 Å². The number of carbonyl (C=O) groups is 1. The Morgan fingerprint density at radius 3 is 2.30 bits per heavy atom. The number of aliphatic carboxylic acids is 1. The number of hydrogen-bond acceptors (Lipinski definition) is 2. The topological polar surface area (TPSA) is 40.5 Å². The van der Waals surface area contributed by atoms with Crippen molar-refractivity contribution in [3.05, 3.63) is 29.8 Å². The van der Waals surface area contributed by atoms with Crippen molar-refractivity contribution < 1.29 is 9.90 Å². The van der Waals surface area contributed by atoms with E-state index in [2.05, 4.69) is 0 Å². The second kappa shape index (κ2) is 9.01. The number of hydrogen-bond donors (Lipinski definition) is 1. The maximum atomic E-state index is 11.0. The summed E-state index contributed by atoms with van der Waals surface area (Å²) in [6.45, 7) is 2.73. The van der Waals surface area contributed by atoms with Gasteiger partial charge in [0.1, 0.15) is 6.04 Å². The minimum atomic E-state index is -3.29. The SMILES string of the molecule is CCN1c2ccccc2CC1C(=O)O.Cl.[Cl][Sn]([Cl])([Cl])[Cl]. The van der Waals surface area contributed by atoms with E-state index in [9.17, 15) is 4.79 Å². The molecule has 1 aromatic rings. The van der Waals surface area contributed by atoms with Gasteiger partial charge in [-0.15, -0.1) is 12.4 Å². The monoisotopic (exact) mass is 487 g/mol. The first kappa shape index (κ1) is 20.7. The molecule has 3 nitrogen and oxygen atoms in total. The zero-order valence-corrected chi connectivity index (χ0v) is 17.2. The van der Waals surface area contributed by atoms with Crippen LogP contribution in [0.3, 0.4) is 0 Å². The van der Waals surface area contributed by atoms with Crippen LogP contribution in [0.5, 0.6) is 0 Å². The third kappa shape index (κ3) is 6.67. The fourth-order valence-electron chi connectivity index (χ4n) is 2.06. The van der Waals surface area contributed by atoms with Gasteiger partial charge in [0.2, 0.25) is 0 Å². The Hall–Kier alpha value is 0.739. The van der Waals surface area contributed by atoms with E-state index < -0.39 is 19.8 Å². The van der Waals surface area contributed by atoms with Crippen LogP contribution in [0.15, 0.2) is 24.3 Å². The molecule has 1 heterocycles. The number of rotatable bonds is 2. The molecule has 0 fully saturated rings. The number of halogens is 5. The van der Waals surface area contributed by atoms with Crippen molar-refractivity contribution in [2.24, 2.45) is 0 Å². The third-order valence-corrected chi connectivity index (χ3v) is 2.72. The summed E-state index contributed by atoms with van der Waals surface area (Å²) >= 11 is -3.29. The average Bonchev–Trinajstić information content (AvgIpc) is 2.65. The van der Waals surface area contributed by atoms with E-state index >= 15 is 0 Å². The Bertz CT molecular complexity index is 449. The second-order valence-corrected chi connectivity index (χ2v) is 29.3. The van der Waals surface area contributed by atoms with Gasteiger partial charge in [0, 0.05) is 18.7 Å². The molecule has 0 bridgehead atoms. The number of carboxylic acid groups (broad SMARTS) is 1. The molecule has 2 rings (SSSR count). The predicted molar refractivity (Wildman–Crippen MR) is 91.0 cm³/mol. The summed E-state index contributed by atoms with van der Waals surface area (Å²) in [5.41, 5.74) is 2.21. The Morgan fingerprint density at radius 2 is 1.85 bits per heavy atom. The fraction of sp³-hybridized carbons (Fsp3) is 0.364. The zero-order chi connectivity index (χ0) is 14.6. The summed E-state index contributed by atoms with van der Waals surface area (Å²) < 4.78 is 0. The Morgan fingerprint density at radius 1 is 1.35 bits per heavy atom. The normalized spacial score (nSPS) is 16.6. The molecule has 114 valence electrons. The second-order valence-electron chi connectivity index (χ2n) is 3.90. The Balaban J connectivity index is 0.000000526. The summed E-state index contributed by atoms with van der Waals surface area (Å²) in [5.74, 6) is -0.733. The molecule has 20 heavy (non-hydrogen) atoms. The number of nitrogens with zero attached hydrogens (tertiary/aromatic N) is 1. The van der Waals surface area contributed by atoms with Crippen LogP contribution < -0.4 is 4.90 Å². The van der Waals surface area contributed by atoms with Crippen LogP contribution >= 0.6 is 48.1 Å². The van der Waals surface area contributed by atoms with E-state index in [1.165, 1.54) is 0 Å². The molecule has 1 aliphatic rings. The molecular formula is C11H14Cl5NO2Sn. The van der Waals surface area contributed by atoms with Crippen LogP contribution in [-0.2, 0) is 11.2 Å². The van der Waals surface area contributed by atoms with Gasteiger partial charge in [-0.05, 0) is 18.6 Å². The molecule has 1 aliphatic heterocycles. The van der Waals surface area contributed by atoms with Crippen molar-refractivity contribution in [1.29, 1.82) is 0 Å². The van der Waals surface area contributed by atoms with E-state index in [0.717, 1.165) is 17.8 Å². The molecule has 0 aromatic heterocycles. The summed E-state index contributed by atoms with van der Waals surface area (Å²) in [7, 11) is 20.1. The number of para-hydroxylation sites is 1. The van der Waals surface area contributed by atoms with Gasteiger partial charge in [0.25, 0.3) is 0 Å². The van der Waals surface area contributed by atoms with Crippen LogP contribution in [0.4, 0.5) is 5.69 Å². The maximum absolute atomic E-state index is 11.0. The number of anilines is 1. The van der Waals surface area contributed by atoms with E-state index in [-0.39, 0.29) is 18.4 Å². The van der Waals surface area contributed by atoms with E-state index in [1.54, 1.807) is 0 Å². The Kier molecular flexibility index (Phi) is 9.34. The van der Waals surface area contributed by atoms with Crippen LogP contribution in [0.1, 0.15) is 12.5 Å². The molecular weight excluding hydrogens is 474 g/mol. The standard InChI is InChI=1S/C11H13NO2.5ClH.Sn/c1-2-12-9-6-4-3-5-8(9)7-10(12)11(13)14;;;;;;/h3-6,10H,2,7H2,1H3,(H,13,14);5*1H;/q;;;;;;+4/p-4. The van der Waals surface area contributed by atoms with Crippen molar-refractivity contribution in [3.8, 4) is 0 Å². The van der Waals surface area contributed by atoms with E-state index in [4.69, 9.17) is 40.8 Å². The first-order valence-electron chi connectivity index (χ1n) is 5.57. The number of carboxylic acids is 1. The minimum absolute atomic E-state index is 0. The van der Waals surface area contributed by atoms with Gasteiger partial charge in [0.05, 0.1) is 0 Å². The van der Waals surface area contributed by atoms with Crippen molar-refractivity contribution in [2.45, 2.75) is 19.4 Å². The molecule has 1 unspecified atom stereocenters. The average molecular weight is 488 g/mol. The van der Waals surface area contributed by atoms with Gasteiger partial charge >= 0.3 is 55.5 Å². The van der Waals surface area contributed by atoms with Crippen molar-refractivity contribution >= 4 is 73.6 Å². The molecule has 0 saturated carbocycles. The number of fused-ring (bicyclic) bond motifs is 1. The molecule has 0 radical (unpaired) electrons. The molecule has 1 atom stereocenters. The van der Waals surface area contributed by atoms with Gasteiger partial charge in [-0.2, -0.15) is 0 Å². The molecule has 1 N–H and O–H groups in total. The van der Waals surface area contributed by atoms with Crippen molar-refractivity contribution in [2.75, 3.05) is 11.4 Å². The van der Waals surface area contributed by atoms with Gasteiger partial charge < -0.3 is 10.0 Å². The van der Waals surface area contributed by atoms with E-state index in [1.807, 2.05) is 36.1 Å². The molecule has 0 aliphatic carbocycles. The van der Waals surface area contributed by atoms with Gasteiger partial charge in [0.15, 0.2) is 0 Å². The first-order valence-corrected chi connectivity index (χ1v) is 20.0. The van der Waals surface area contributed by atoms with Crippen LogP contribution in [0, 0.1) is 0 Å². The molecule has 0 saturated heterocycles. The summed E-state index contributed by atoms with van der Waals surface area (Å²) in [6.07, 6.45) is 0.624. The predicted octanol–water partition coefficient (Wildman–Crippen LogP) is 4.32. The van der Waals surface area contributed by atoms with Crippen molar-refractivity contribution in [1.82, 2.24) is 0 Å². The Labute approximate surface area is 143 Å². The summed E-state index contributed by atoms with van der Waals surface area (Å²) in [4.78, 5) is 12.9. The van der Waals surface area contributed by atoms with Crippen LogP contribution in [-0.4, -0.2) is 37.5 Å². The summed E-state index contributed by atoms with van der Waals surface area (Å²) in [5, 5.41) is 9.05. The molecule has 0 amide bonds. The van der Waals surface area contributed by atoms with Crippen molar-refractivity contribution in [3.63, 3.8) is 0 Å². The molecule has 1 aromatic carbocycles. The summed E-state index contributed by atoms with van der Waals surface area (Å²) in [6, 6.07) is 7.52. The number of likely N-dealkylation sites (N-methyl/N-ethyl adjacent to an activating group) is 1. The first-order chi connectivity index (χ1) is 8.74. The van der Waals surface area contributed by atoms with Gasteiger partial charge in [-0.25, -0.2) is 4.79 Å². The van der Waals surface area contributed by atoms with Crippen LogP contribution in [0.25, 0.3) is 0 Å². The van der Waals surface area contributed by atoms with Gasteiger partial charge in [-0.3, -0.25) is 0 Å². The number of benzene rings is 1. The quantitative estimate of drug-likeness (QED) is 0.631. The third-order valence-electron chi connectivity index (χ3n) is 2.72. The van der Waals surface area contributed by atoms with Crippen LogP contribution in [0.2, 0.25) is 0 Å². The zero-order valence-electron chi connectivity index (χ0n) is 10.5. The molecule has 0 spiro atoms.